The molecule has 5 heteroatoms. The molecule has 0 bridgehead atoms. The second kappa shape index (κ2) is 10.5. The number of amides is 1. The van der Waals surface area contributed by atoms with Crippen LogP contribution in [0.25, 0.3) is 11.1 Å². The highest BCUT2D eigenvalue weighted by molar-refractivity contribution is 5.94. The van der Waals surface area contributed by atoms with Crippen LogP contribution >= 0.6 is 0 Å². The molecule has 0 aliphatic carbocycles. The van der Waals surface area contributed by atoms with E-state index in [0.717, 1.165) is 22.3 Å². The van der Waals surface area contributed by atoms with Crippen LogP contribution < -0.4 is 0 Å². The zero-order chi connectivity index (χ0) is 22.2. The van der Waals surface area contributed by atoms with Crippen LogP contribution in [0.4, 0.5) is 0 Å². The number of benzene rings is 3. The summed E-state index contributed by atoms with van der Waals surface area (Å²) in [5.41, 5.74) is 4.70. The Bertz CT molecular complexity index is 1020. The molecule has 0 saturated carbocycles. The van der Waals surface area contributed by atoms with Gasteiger partial charge in [-0.15, -0.1) is 0 Å². The van der Waals surface area contributed by atoms with Crippen molar-refractivity contribution in [1.82, 2.24) is 4.90 Å². The van der Waals surface area contributed by atoms with Gasteiger partial charge < -0.3 is 14.7 Å². The van der Waals surface area contributed by atoms with E-state index in [-0.39, 0.29) is 5.91 Å². The van der Waals surface area contributed by atoms with Crippen LogP contribution in [-0.2, 0) is 22.5 Å². The number of ether oxygens (including phenoxy) is 1. The molecular weight excluding hydrogens is 390 g/mol. The number of rotatable bonds is 9. The molecule has 0 aromatic heterocycles. The number of carbonyl (C=O) groups is 2. The molecular formula is C26H27NO4. The van der Waals surface area contributed by atoms with Crippen molar-refractivity contribution in [2.45, 2.75) is 26.0 Å². The molecule has 160 valence electrons. The summed E-state index contributed by atoms with van der Waals surface area (Å²) in [6.07, 6.45) is -0.507. The number of hydrogen-bond donors (Lipinski definition) is 1. The quantitative estimate of drug-likeness (QED) is 0.550. The van der Waals surface area contributed by atoms with E-state index in [1.807, 2.05) is 72.8 Å². The van der Waals surface area contributed by atoms with Gasteiger partial charge in [-0.25, -0.2) is 4.79 Å². The Morgan fingerprint density at radius 2 is 1.61 bits per heavy atom. The van der Waals surface area contributed by atoms with Crippen molar-refractivity contribution in [3.05, 3.63) is 95.6 Å². The average Bonchev–Trinajstić information content (AvgIpc) is 2.79. The Balaban J connectivity index is 1.69. The SMILES string of the molecule is CCO[C@@H](Cc1ccc(-c2cccc(CN(C)C(=O)c3ccccc3)c2)cc1)C(=O)O. The maximum absolute atomic E-state index is 12.6. The number of carbonyl (C=O) groups excluding carboxylic acids is 1. The molecule has 0 aliphatic heterocycles. The maximum atomic E-state index is 12.6. The minimum atomic E-state index is -0.951. The minimum absolute atomic E-state index is 0.0161. The lowest BCUT2D eigenvalue weighted by Gasteiger charge is -2.18. The third-order valence-corrected chi connectivity index (χ3v) is 5.07. The van der Waals surface area contributed by atoms with Gasteiger partial charge in [0.15, 0.2) is 6.10 Å². The van der Waals surface area contributed by atoms with Gasteiger partial charge in [0.05, 0.1) is 0 Å². The van der Waals surface area contributed by atoms with Gasteiger partial charge in [-0.1, -0.05) is 60.7 Å². The zero-order valence-corrected chi connectivity index (χ0v) is 17.8. The zero-order valence-electron chi connectivity index (χ0n) is 17.8. The van der Waals surface area contributed by atoms with Crippen LogP contribution in [-0.4, -0.2) is 41.6 Å². The predicted octanol–water partition coefficient (Wildman–Crippen LogP) is 4.66. The molecule has 3 aromatic rings. The summed E-state index contributed by atoms with van der Waals surface area (Å²) in [5, 5.41) is 9.26. The van der Waals surface area contributed by atoms with Crippen LogP contribution in [0, 0.1) is 0 Å². The second-order valence-electron chi connectivity index (χ2n) is 7.41. The van der Waals surface area contributed by atoms with Gasteiger partial charge in [-0.3, -0.25) is 4.79 Å². The van der Waals surface area contributed by atoms with E-state index in [9.17, 15) is 14.7 Å². The normalized spacial score (nSPS) is 11.7. The molecule has 0 unspecified atom stereocenters. The fourth-order valence-electron chi connectivity index (χ4n) is 3.46. The molecule has 3 rings (SSSR count). The lowest BCUT2D eigenvalue weighted by Crippen LogP contribution is -2.26. The summed E-state index contributed by atoms with van der Waals surface area (Å²) in [7, 11) is 1.80. The lowest BCUT2D eigenvalue weighted by molar-refractivity contribution is -0.149. The molecule has 5 nitrogen and oxygen atoms in total. The molecule has 0 heterocycles. The molecule has 0 aliphatic rings. The smallest absolute Gasteiger partial charge is 0.333 e. The summed E-state index contributed by atoms with van der Waals surface area (Å²) >= 11 is 0. The lowest BCUT2D eigenvalue weighted by atomic mass is 9.99. The first-order valence-corrected chi connectivity index (χ1v) is 10.3. The predicted molar refractivity (Wildman–Crippen MR) is 121 cm³/mol. The Hall–Kier alpha value is -3.44. The van der Waals surface area contributed by atoms with Gasteiger partial charge in [-0.2, -0.15) is 0 Å². The van der Waals surface area contributed by atoms with Gasteiger partial charge >= 0.3 is 5.97 Å². The van der Waals surface area contributed by atoms with E-state index >= 15 is 0 Å². The molecule has 1 amide bonds. The second-order valence-corrected chi connectivity index (χ2v) is 7.41. The summed E-state index contributed by atoms with van der Waals surface area (Å²) in [6.45, 7) is 2.66. The molecule has 1 N–H and O–H groups in total. The van der Waals surface area contributed by atoms with Crippen molar-refractivity contribution in [2.75, 3.05) is 13.7 Å². The summed E-state index contributed by atoms with van der Waals surface area (Å²) in [4.78, 5) is 25.6. The fourth-order valence-corrected chi connectivity index (χ4v) is 3.46. The fraction of sp³-hybridized carbons (Fsp3) is 0.231. The number of carboxylic acid groups (broad SMARTS) is 1. The van der Waals surface area contributed by atoms with Crippen molar-refractivity contribution in [2.24, 2.45) is 0 Å². The molecule has 0 saturated heterocycles. The minimum Gasteiger partial charge on any atom is -0.479 e. The number of carboxylic acids is 1. The van der Waals surface area contributed by atoms with E-state index < -0.39 is 12.1 Å². The van der Waals surface area contributed by atoms with Crippen molar-refractivity contribution in [1.29, 1.82) is 0 Å². The molecule has 0 spiro atoms. The highest BCUT2D eigenvalue weighted by Gasteiger charge is 2.18. The standard InChI is InChI=1S/C26H27NO4/c1-3-31-24(26(29)30)17-19-12-14-21(15-13-19)23-11-7-8-20(16-23)18-27(2)25(28)22-9-5-4-6-10-22/h4-16,24H,3,17-18H2,1-2H3,(H,29,30)/t24-/m0/s1. The maximum Gasteiger partial charge on any atom is 0.333 e. The first kappa shape index (κ1) is 22.2. The van der Waals surface area contributed by atoms with Crippen LogP contribution in [0.1, 0.15) is 28.4 Å². The van der Waals surface area contributed by atoms with Crippen molar-refractivity contribution >= 4 is 11.9 Å². The first-order valence-electron chi connectivity index (χ1n) is 10.3. The highest BCUT2D eigenvalue weighted by Crippen LogP contribution is 2.22. The first-order chi connectivity index (χ1) is 15.0. The van der Waals surface area contributed by atoms with Crippen LogP contribution in [0.2, 0.25) is 0 Å². The Morgan fingerprint density at radius 3 is 2.26 bits per heavy atom. The molecule has 31 heavy (non-hydrogen) atoms. The Labute approximate surface area is 182 Å². The summed E-state index contributed by atoms with van der Waals surface area (Å²) in [5.74, 6) is -0.967. The van der Waals surface area contributed by atoms with Gasteiger partial charge in [-0.05, 0) is 47.4 Å². The van der Waals surface area contributed by atoms with Crippen LogP contribution in [0.3, 0.4) is 0 Å². The summed E-state index contributed by atoms with van der Waals surface area (Å²) in [6, 6.07) is 25.2. The highest BCUT2D eigenvalue weighted by atomic mass is 16.5. The van der Waals surface area contributed by atoms with E-state index in [1.165, 1.54) is 0 Å². The van der Waals surface area contributed by atoms with Crippen LogP contribution in [0.15, 0.2) is 78.9 Å². The molecule has 3 aromatic carbocycles. The van der Waals surface area contributed by atoms with E-state index in [0.29, 0.717) is 25.1 Å². The average molecular weight is 418 g/mol. The largest absolute Gasteiger partial charge is 0.479 e. The molecule has 1 atom stereocenters. The van der Waals surface area contributed by atoms with E-state index in [2.05, 4.69) is 6.07 Å². The van der Waals surface area contributed by atoms with Crippen molar-refractivity contribution < 1.29 is 19.4 Å². The molecule has 0 fully saturated rings. The van der Waals surface area contributed by atoms with Crippen molar-refractivity contribution in [3.63, 3.8) is 0 Å². The van der Waals surface area contributed by atoms with E-state index in [4.69, 9.17) is 4.74 Å². The van der Waals surface area contributed by atoms with E-state index in [1.54, 1.807) is 18.9 Å². The number of nitrogens with zero attached hydrogens (tertiary/aromatic N) is 1. The number of aliphatic carboxylic acids is 1. The number of hydrogen-bond acceptors (Lipinski definition) is 3. The van der Waals surface area contributed by atoms with Crippen molar-refractivity contribution in [3.8, 4) is 11.1 Å². The topological polar surface area (TPSA) is 66.8 Å². The van der Waals surface area contributed by atoms with Crippen LogP contribution in [0.5, 0.6) is 0 Å². The van der Waals surface area contributed by atoms with Gasteiger partial charge in [0.25, 0.3) is 5.91 Å². The van der Waals surface area contributed by atoms with Gasteiger partial charge in [0.1, 0.15) is 0 Å². The Morgan fingerprint density at radius 1 is 0.903 bits per heavy atom. The third-order valence-electron chi connectivity index (χ3n) is 5.07. The molecule has 0 radical (unpaired) electrons. The monoisotopic (exact) mass is 417 g/mol. The summed E-state index contributed by atoms with van der Waals surface area (Å²) < 4.78 is 5.29. The van der Waals surface area contributed by atoms with Gasteiger partial charge in [0.2, 0.25) is 0 Å². The Kier molecular flexibility index (Phi) is 7.57. The van der Waals surface area contributed by atoms with Gasteiger partial charge in [0, 0.05) is 32.2 Å². The third kappa shape index (κ3) is 6.03.